The molecule has 1 unspecified atom stereocenters. The summed E-state index contributed by atoms with van der Waals surface area (Å²) in [4.78, 5) is 26.8. The Labute approximate surface area is 114 Å². The average molecular weight is 264 g/mol. The van der Waals surface area contributed by atoms with Gasteiger partial charge in [0.05, 0.1) is 0 Å². The van der Waals surface area contributed by atoms with Crippen LogP contribution in [0.15, 0.2) is 0 Å². The van der Waals surface area contributed by atoms with E-state index in [-0.39, 0.29) is 11.8 Å². The number of amides is 2. The predicted molar refractivity (Wildman–Crippen MR) is 72.5 cm³/mol. The highest BCUT2D eigenvalue weighted by Crippen LogP contribution is 2.37. The van der Waals surface area contributed by atoms with Crippen LogP contribution in [0.25, 0.3) is 0 Å². The molecule has 19 heavy (non-hydrogen) atoms. The van der Waals surface area contributed by atoms with Crippen molar-refractivity contribution < 1.29 is 9.59 Å². The molecular weight excluding hydrogens is 240 g/mol. The Hall–Kier alpha value is -1.06. The summed E-state index contributed by atoms with van der Waals surface area (Å²) in [6, 6.07) is 0.298. The molecule has 4 heteroatoms. The molecule has 1 spiro atoms. The first-order valence-corrected chi connectivity index (χ1v) is 7.74. The van der Waals surface area contributed by atoms with Crippen molar-refractivity contribution in [2.75, 3.05) is 6.54 Å². The first-order valence-electron chi connectivity index (χ1n) is 7.74. The molecule has 1 atom stereocenters. The summed E-state index contributed by atoms with van der Waals surface area (Å²) < 4.78 is 0. The highest BCUT2D eigenvalue weighted by molar-refractivity contribution is 5.94. The van der Waals surface area contributed by atoms with Crippen molar-refractivity contribution in [1.29, 1.82) is 0 Å². The Bertz CT molecular complexity index is 384. The van der Waals surface area contributed by atoms with E-state index >= 15 is 0 Å². The van der Waals surface area contributed by atoms with E-state index in [9.17, 15) is 9.59 Å². The number of rotatable bonds is 2. The van der Waals surface area contributed by atoms with Gasteiger partial charge in [0, 0.05) is 19.0 Å². The maximum atomic E-state index is 12.9. The van der Waals surface area contributed by atoms with Crippen molar-refractivity contribution in [2.24, 2.45) is 5.92 Å². The van der Waals surface area contributed by atoms with Crippen molar-refractivity contribution in [1.82, 2.24) is 10.2 Å². The van der Waals surface area contributed by atoms with E-state index in [4.69, 9.17) is 0 Å². The third kappa shape index (κ3) is 2.15. The monoisotopic (exact) mass is 264 g/mol. The van der Waals surface area contributed by atoms with Gasteiger partial charge < -0.3 is 10.2 Å². The molecule has 0 aromatic heterocycles. The van der Waals surface area contributed by atoms with Gasteiger partial charge in [-0.25, -0.2) is 0 Å². The summed E-state index contributed by atoms with van der Waals surface area (Å²) in [7, 11) is 0. The van der Waals surface area contributed by atoms with Crippen LogP contribution in [-0.4, -0.2) is 34.8 Å². The molecule has 4 nitrogen and oxygen atoms in total. The van der Waals surface area contributed by atoms with Gasteiger partial charge in [-0.05, 0) is 38.5 Å². The van der Waals surface area contributed by atoms with E-state index in [0.717, 1.165) is 25.7 Å². The average Bonchev–Trinajstić information content (AvgIpc) is 2.71. The van der Waals surface area contributed by atoms with Gasteiger partial charge in [0.15, 0.2) is 0 Å². The smallest absolute Gasteiger partial charge is 0.248 e. The number of carbonyl (C=O) groups excluding carboxylic acids is 2. The highest BCUT2D eigenvalue weighted by atomic mass is 16.2. The fourth-order valence-electron chi connectivity index (χ4n) is 3.86. The van der Waals surface area contributed by atoms with Crippen molar-refractivity contribution in [3.8, 4) is 0 Å². The molecule has 0 aromatic carbocycles. The van der Waals surface area contributed by atoms with Gasteiger partial charge >= 0.3 is 0 Å². The molecule has 3 fully saturated rings. The first kappa shape index (κ1) is 12.9. The summed E-state index contributed by atoms with van der Waals surface area (Å²) in [6.07, 6.45) is 7.98. The van der Waals surface area contributed by atoms with E-state index in [2.05, 4.69) is 12.2 Å². The molecule has 2 amide bonds. The summed E-state index contributed by atoms with van der Waals surface area (Å²) in [5.74, 6) is 0.893. The molecular formula is C15H24N2O2. The molecule has 0 aromatic rings. The van der Waals surface area contributed by atoms with Crippen LogP contribution in [0.4, 0.5) is 0 Å². The maximum absolute atomic E-state index is 12.9. The summed E-state index contributed by atoms with van der Waals surface area (Å²) in [5.41, 5.74) is -0.564. The third-order valence-corrected chi connectivity index (χ3v) is 5.41. The Balaban J connectivity index is 1.82. The second-order valence-corrected chi connectivity index (χ2v) is 6.52. The molecule has 1 saturated heterocycles. The Morgan fingerprint density at radius 3 is 2.47 bits per heavy atom. The van der Waals surface area contributed by atoms with E-state index in [1.54, 1.807) is 0 Å². The second-order valence-electron chi connectivity index (χ2n) is 6.52. The highest BCUT2D eigenvalue weighted by Gasteiger charge is 2.48. The minimum absolute atomic E-state index is 0.0542. The Kier molecular flexibility index (Phi) is 3.27. The fraction of sp³-hybridized carbons (Fsp3) is 0.867. The summed E-state index contributed by atoms with van der Waals surface area (Å²) in [5, 5.41) is 3.03. The number of hydrogen-bond donors (Lipinski definition) is 1. The van der Waals surface area contributed by atoms with E-state index < -0.39 is 5.54 Å². The van der Waals surface area contributed by atoms with Crippen molar-refractivity contribution >= 4 is 11.8 Å². The normalized spacial score (nSPS) is 29.0. The van der Waals surface area contributed by atoms with Gasteiger partial charge in [-0.15, -0.1) is 0 Å². The molecule has 0 bridgehead atoms. The van der Waals surface area contributed by atoms with Crippen molar-refractivity contribution in [3.63, 3.8) is 0 Å². The summed E-state index contributed by atoms with van der Waals surface area (Å²) >= 11 is 0. The van der Waals surface area contributed by atoms with Crippen LogP contribution < -0.4 is 5.32 Å². The minimum Gasteiger partial charge on any atom is -0.342 e. The van der Waals surface area contributed by atoms with Crippen LogP contribution >= 0.6 is 0 Å². The zero-order chi connectivity index (χ0) is 13.5. The molecule has 1 N–H and O–H groups in total. The number of carbonyl (C=O) groups is 2. The molecule has 1 aliphatic heterocycles. The molecule has 3 aliphatic rings. The number of hydrogen-bond acceptors (Lipinski definition) is 2. The lowest BCUT2D eigenvalue weighted by molar-refractivity contribution is -0.142. The lowest BCUT2D eigenvalue weighted by Gasteiger charge is -2.41. The zero-order valence-electron chi connectivity index (χ0n) is 11.8. The lowest BCUT2D eigenvalue weighted by atomic mass is 9.79. The molecule has 1 heterocycles. The molecule has 106 valence electrons. The number of nitrogens with zero attached hydrogens (tertiary/aromatic N) is 1. The van der Waals surface area contributed by atoms with Crippen LogP contribution in [0.1, 0.15) is 58.3 Å². The van der Waals surface area contributed by atoms with E-state index in [0.29, 0.717) is 24.9 Å². The van der Waals surface area contributed by atoms with Gasteiger partial charge in [0.2, 0.25) is 11.8 Å². The van der Waals surface area contributed by atoms with E-state index in [1.165, 1.54) is 19.3 Å². The Morgan fingerprint density at radius 1 is 1.21 bits per heavy atom. The Morgan fingerprint density at radius 2 is 1.89 bits per heavy atom. The van der Waals surface area contributed by atoms with Crippen LogP contribution in [0.5, 0.6) is 0 Å². The molecule has 0 radical (unpaired) electrons. The van der Waals surface area contributed by atoms with Crippen LogP contribution in [0.2, 0.25) is 0 Å². The summed E-state index contributed by atoms with van der Waals surface area (Å²) in [6.45, 7) is 2.77. The molecule has 3 rings (SSSR count). The fourth-order valence-corrected chi connectivity index (χ4v) is 3.86. The minimum atomic E-state index is -0.564. The molecule has 2 aliphatic carbocycles. The standard InChI is InChI=1S/C15H24N2O2/c1-11(12-5-4-6-12)17-10-7-13(18)16-15(14(17)19)8-2-3-9-15/h11-12H,2-10H2,1H3,(H,16,18). The number of nitrogens with one attached hydrogen (secondary N) is 1. The SMILES string of the molecule is CC(C1CCC1)N1CCC(=O)NC2(CCCC2)C1=O. The van der Waals surface area contributed by atoms with Crippen LogP contribution in [-0.2, 0) is 9.59 Å². The van der Waals surface area contributed by atoms with E-state index in [1.807, 2.05) is 4.90 Å². The third-order valence-electron chi connectivity index (χ3n) is 5.41. The quantitative estimate of drug-likeness (QED) is 0.827. The van der Waals surface area contributed by atoms with Crippen LogP contribution in [0, 0.1) is 5.92 Å². The first-order chi connectivity index (χ1) is 9.12. The van der Waals surface area contributed by atoms with Gasteiger partial charge in [0.25, 0.3) is 0 Å². The topological polar surface area (TPSA) is 49.4 Å². The van der Waals surface area contributed by atoms with Gasteiger partial charge in [-0.1, -0.05) is 19.3 Å². The van der Waals surface area contributed by atoms with Gasteiger partial charge in [0.1, 0.15) is 5.54 Å². The second kappa shape index (κ2) is 4.80. The van der Waals surface area contributed by atoms with Crippen molar-refractivity contribution in [2.45, 2.75) is 69.9 Å². The van der Waals surface area contributed by atoms with Crippen LogP contribution in [0.3, 0.4) is 0 Å². The lowest BCUT2D eigenvalue weighted by Crippen LogP contribution is -2.58. The molecule has 2 saturated carbocycles. The van der Waals surface area contributed by atoms with Crippen molar-refractivity contribution in [3.05, 3.63) is 0 Å². The largest absolute Gasteiger partial charge is 0.342 e. The van der Waals surface area contributed by atoms with Gasteiger partial charge in [-0.3, -0.25) is 9.59 Å². The zero-order valence-corrected chi connectivity index (χ0v) is 11.8. The maximum Gasteiger partial charge on any atom is 0.248 e. The van der Waals surface area contributed by atoms with Gasteiger partial charge in [-0.2, -0.15) is 0 Å². The predicted octanol–water partition coefficient (Wildman–Crippen LogP) is 1.84.